The highest BCUT2D eigenvalue weighted by Crippen LogP contribution is 2.31. The van der Waals surface area contributed by atoms with Crippen LogP contribution in [0.15, 0.2) is 62.9 Å². The third-order valence-corrected chi connectivity index (χ3v) is 5.66. The van der Waals surface area contributed by atoms with E-state index in [4.69, 9.17) is 23.2 Å². The molecule has 0 amide bonds. The van der Waals surface area contributed by atoms with Crippen LogP contribution < -0.4 is 0 Å². The van der Waals surface area contributed by atoms with E-state index in [1.807, 2.05) is 35.0 Å². The van der Waals surface area contributed by atoms with E-state index < -0.39 is 0 Å². The summed E-state index contributed by atoms with van der Waals surface area (Å²) in [4.78, 5) is 8.91. The number of benzene rings is 1. The van der Waals surface area contributed by atoms with Gasteiger partial charge in [-0.2, -0.15) is 10.2 Å². The number of azo groups is 1. The van der Waals surface area contributed by atoms with Gasteiger partial charge in [0.2, 0.25) is 0 Å². The summed E-state index contributed by atoms with van der Waals surface area (Å²) in [5.41, 5.74) is 4.41. The van der Waals surface area contributed by atoms with Crippen molar-refractivity contribution >= 4 is 51.5 Å². The normalized spacial score (nSPS) is 13.7. The number of hydrogen-bond acceptors (Lipinski definition) is 4. The van der Waals surface area contributed by atoms with Crippen LogP contribution in [0.1, 0.15) is 11.1 Å². The summed E-state index contributed by atoms with van der Waals surface area (Å²) in [6.07, 6.45) is 5.47. The summed E-state index contributed by atoms with van der Waals surface area (Å²) >= 11 is 14.6. The van der Waals surface area contributed by atoms with Crippen molar-refractivity contribution in [2.45, 2.75) is 6.54 Å². The Balaban J connectivity index is 1.61. The zero-order valence-electron chi connectivity index (χ0n) is 13.4. The molecule has 0 aliphatic carbocycles. The molecule has 0 N–H and O–H groups in total. The molecule has 1 aromatic carbocycles. The van der Waals surface area contributed by atoms with Crippen LogP contribution in [0, 0.1) is 0 Å². The molecule has 26 heavy (non-hydrogen) atoms. The standard InChI is InChI=1S/C18H12Cl2IN5/c19-13-3-1-2-12(17(13)20)8-26-9-16(23-10-26)15-6-11(4-5-22-15)18-14(21)7-24-25-18/h1-6,9-10H,7-8H2. The molecule has 4 rings (SSSR count). The van der Waals surface area contributed by atoms with Crippen molar-refractivity contribution in [1.82, 2.24) is 14.5 Å². The Morgan fingerprint density at radius 3 is 2.81 bits per heavy atom. The number of aromatic nitrogens is 3. The summed E-state index contributed by atoms with van der Waals surface area (Å²) in [6, 6.07) is 9.53. The Labute approximate surface area is 173 Å². The van der Waals surface area contributed by atoms with Gasteiger partial charge in [-0.3, -0.25) is 4.98 Å². The second-order valence-corrected chi connectivity index (χ2v) is 7.81. The molecule has 0 saturated carbocycles. The van der Waals surface area contributed by atoms with E-state index in [-0.39, 0.29) is 0 Å². The molecule has 8 heteroatoms. The minimum atomic E-state index is 0.549. The highest BCUT2D eigenvalue weighted by atomic mass is 127. The molecule has 0 bridgehead atoms. The number of hydrogen-bond donors (Lipinski definition) is 0. The summed E-state index contributed by atoms with van der Waals surface area (Å²) in [6.45, 7) is 1.23. The molecule has 0 radical (unpaired) electrons. The fourth-order valence-corrected chi connectivity index (χ4v) is 3.63. The van der Waals surface area contributed by atoms with Crippen LogP contribution in [0.3, 0.4) is 0 Å². The maximum atomic E-state index is 6.27. The quantitative estimate of drug-likeness (QED) is 0.425. The van der Waals surface area contributed by atoms with Crippen LogP contribution in [-0.4, -0.2) is 21.1 Å². The Hall–Kier alpha value is -1.77. The van der Waals surface area contributed by atoms with Crippen molar-refractivity contribution in [3.63, 3.8) is 0 Å². The monoisotopic (exact) mass is 495 g/mol. The maximum absolute atomic E-state index is 6.27. The van der Waals surface area contributed by atoms with Gasteiger partial charge >= 0.3 is 0 Å². The van der Waals surface area contributed by atoms with Crippen molar-refractivity contribution in [3.05, 3.63) is 73.8 Å². The van der Waals surface area contributed by atoms with Gasteiger partial charge in [0.15, 0.2) is 0 Å². The molecule has 0 atom stereocenters. The highest BCUT2D eigenvalue weighted by Gasteiger charge is 2.14. The predicted molar refractivity (Wildman–Crippen MR) is 112 cm³/mol. The molecular formula is C18H12Cl2IN5. The molecule has 0 fully saturated rings. The zero-order chi connectivity index (χ0) is 18.1. The summed E-state index contributed by atoms with van der Waals surface area (Å²) < 4.78 is 3.08. The number of nitrogens with zero attached hydrogens (tertiary/aromatic N) is 5. The molecule has 3 heterocycles. The van der Waals surface area contributed by atoms with Gasteiger partial charge in [0.05, 0.1) is 35.2 Å². The Morgan fingerprint density at radius 2 is 2.00 bits per heavy atom. The fraction of sp³-hybridized carbons (Fsp3) is 0.111. The molecule has 3 aromatic rings. The first-order valence-corrected chi connectivity index (χ1v) is 9.63. The van der Waals surface area contributed by atoms with E-state index in [9.17, 15) is 0 Å². The van der Waals surface area contributed by atoms with Gasteiger partial charge in [-0.25, -0.2) is 4.98 Å². The zero-order valence-corrected chi connectivity index (χ0v) is 17.1. The first-order valence-electron chi connectivity index (χ1n) is 7.79. The van der Waals surface area contributed by atoms with Crippen molar-refractivity contribution in [3.8, 4) is 11.4 Å². The molecule has 1 aliphatic heterocycles. The van der Waals surface area contributed by atoms with Crippen molar-refractivity contribution in [1.29, 1.82) is 0 Å². The highest BCUT2D eigenvalue weighted by molar-refractivity contribution is 14.1. The van der Waals surface area contributed by atoms with Gasteiger partial charge in [-0.15, -0.1) is 0 Å². The lowest BCUT2D eigenvalue weighted by Gasteiger charge is -2.06. The number of imidazole rings is 1. The van der Waals surface area contributed by atoms with Crippen molar-refractivity contribution in [2.24, 2.45) is 10.2 Å². The third-order valence-electron chi connectivity index (χ3n) is 3.95. The Kier molecular flexibility index (Phi) is 5.06. The largest absolute Gasteiger partial charge is 0.332 e. The minimum Gasteiger partial charge on any atom is -0.332 e. The smallest absolute Gasteiger partial charge is 0.107 e. The molecule has 0 spiro atoms. The fourth-order valence-electron chi connectivity index (χ4n) is 2.68. The van der Waals surface area contributed by atoms with Crippen LogP contribution in [0.5, 0.6) is 0 Å². The lowest BCUT2D eigenvalue weighted by Crippen LogP contribution is -1.97. The molecule has 0 saturated heterocycles. The van der Waals surface area contributed by atoms with Crippen LogP contribution in [-0.2, 0) is 6.54 Å². The second kappa shape index (κ2) is 7.46. The second-order valence-electron chi connectivity index (χ2n) is 5.73. The lowest BCUT2D eigenvalue weighted by molar-refractivity contribution is 0.798. The third kappa shape index (κ3) is 3.54. The van der Waals surface area contributed by atoms with E-state index in [0.717, 1.165) is 31.8 Å². The molecule has 2 aromatic heterocycles. The molecular weight excluding hydrogens is 484 g/mol. The molecule has 5 nitrogen and oxygen atoms in total. The SMILES string of the molecule is Clc1cccc(Cn2cnc(-c3cc(C4=C(I)CN=N4)ccn3)c2)c1Cl. The van der Waals surface area contributed by atoms with Crippen LogP contribution in [0.25, 0.3) is 17.1 Å². The maximum Gasteiger partial charge on any atom is 0.107 e. The van der Waals surface area contributed by atoms with Crippen molar-refractivity contribution < 1.29 is 0 Å². The van der Waals surface area contributed by atoms with Crippen LogP contribution in [0.2, 0.25) is 10.0 Å². The topological polar surface area (TPSA) is 55.4 Å². The van der Waals surface area contributed by atoms with Crippen LogP contribution >= 0.6 is 45.8 Å². The van der Waals surface area contributed by atoms with E-state index >= 15 is 0 Å². The van der Waals surface area contributed by atoms with E-state index in [1.165, 1.54) is 0 Å². The number of pyridine rings is 1. The van der Waals surface area contributed by atoms with E-state index in [2.05, 4.69) is 42.8 Å². The van der Waals surface area contributed by atoms with Gasteiger partial charge in [0.25, 0.3) is 0 Å². The average molecular weight is 496 g/mol. The van der Waals surface area contributed by atoms with Crippen LogP contribution in [0.4, 0.5) is 0 Å². The molecule has 0 unspecified atom stereocenters. The minimum absolute atomic E-state index is 0.549. The van der Waals surface area contributed by atoms with E-state index in [1.54, 1.807) is 18.6 Å². The van der Waals surface area contributed by atoms with Gasteiger partial charge in [0.1, 0.15) is 11.4 Å². The average Bonchev–Trinajstić information content (AvgIpc) is 3.28. The summed E-state index contributed by atoms with van der Waals surface area (Å²) in [5.74, 6) is 0. The van der Waals surface area contributed by atoms with Gasteiger partial charge in [-0.1, -0.05) is 35.3 Å². The van der Waals surface area contributed by atoms with Gasteiger partial charge in [-0.05, 0) is 46.4 Å². The Morgan fingerprint density at radius 1 is 1.12 bits per heavy atom. The summed E-state index contributed by atoms with van der Waals surface area (Å²) in [7, 11) is 0. The van der Waals surface area contributed by atoms with E-state index in [0.29, 0.717) is 23.1 Å². The van der Waals surface area contributed by atoms with Crippen molar-refractivity contribution in [2.75, 3.05) is 6.54 Å². The molecule has 1 aliphatic rings. The molecule has 130 valence electrons. The summed E-state index contributed by atoms with van der Waals surface area (Å²) in [5, 5.41) is 9.40. The predicted octanol–water partition coefficient (Wildman–Crippen LogP) is 5.87. The van der Waals surface area contributed by atoms with Gasteiger partial charge < -0.3 is 4.57 Å². The van der Waals surface area contributed by atoms with Gasteiger partial charge in [0, 0.05) is 21.5 Å². The Bertz CT molecular complexity index is 1040. The first-order chi connectivity index (χ1) is 12.6. The number of rotatable bonds is 4. The number of halogens is 3. The first kappa shape index (κ1) is 17.6. The lowest BCUT2D eigenvalue weighted by atomic mass is 10.1.